The molecule has 6 nitrogen and oxygen atoms in total. The zero-order chi connectivity index (χ0) is 20.5. The lowest BCUT2D eigenvalue weighted by atomic mass is 10.0. The highest BCUT2D eigenvalue weighted by Gasteiger charge is 2.10. The molecule has 156 valence electrons. The van der Waals surface area contributed by atoms with Crippen LogP contribution in [0.15, 0.2) is 53.5 Å². The minimum Gasteiger partial charge on any atom is -0.492 e. The summed E-state index contributed by atoms with van der Waals surface area (Å²) in [5.74, 6) is 1.73. The smallest absolute Gasteiger partial charge is 0.193 e. The molecule has 29 heavy (non-hydrogen) atoms. The van der Waals surface area contributed by atoms with Crippen molar-refractivity contribution in [3.8, 4) is 5.75 Å². The van der Waals surface area contributed by atoms with Crippen LogP contribution in [-0.2, 0) is 11.3 Å². The number of aliphatic imine (C=N–C) groups is 1. The van der Waals surface area contributed by atoms with Crippen molar-refractivity contribution < 1.29 is 9.47 Å². The molecular formula is C23H32N4O2. The molecule has 0 aromatic heterocycles. The van der Waals surface area contributed by atoms with Crippen molar-refractivity contribution in [1.82, 2.24) is 4.90 Å². The van der Waals surface area contributed by atoms with Crippen molar-refractivity contribution in [3.63, 3.8) is 0 Å². The van der Waals surface area contributed by atoms with Crippen molar-refractivity contribution in [3.05, 3.63) is 59.7 Å². The van der Waals surface area contributed by atoms with Gasteiger partial charge in [-0.05, 0) is 29.7 Å². The predicted molar refractivity (Wildman–Crippen MR) is 119 cm³/mol. The topological polar surface area (TPSA) is 72.1 Å². The van der Waals surface area contributed by atoms with Crippen LogP contribution >= 0.6 is 0 Å². The molecule has 1 heterocycles. The number of rotatable bonds is 8. The van der Waals surface area contributed by atoms with E-state index >= 15 is 0 Å². The summed E-state index contributed by atoms with van der Waals surface area (Å²) in [4.78, 5) is 6.86. The Morgan fingerprint density at radius 3 is 2.76 bits per heavy atom. The summed E-state index contributed by atoms with van der Waals surface area (Å²) in [6.45, 7) is 9.91. The second-order valence-corrected chi connectivity index (χ2v) is 7.52. The number of nitrogens with one attached hydrogen (secondary N) is 1. The fourth-order valence-electron chi connectivity index (χ4n) is 3.22. The first-order valence-electron chi connectivity index (χ1n) is 10.3. The lowest BCUT2D eigenvalue weighted by Crippen LogP contribution is -2.38. The van der Waals surface area contributed by atoms with Gasteiger partial charge in [-0.25, -0.2) is 4.99 Å². The standard InChI is InChI=1S/C23H32N4O2/c1-18(2)19-7-5-8-21(16-19)26-23(24)25-17-20-6-3-4-9-22(20)29-15-12-27-10-13-28-14-11-27/h3-9,16,18H,10-15,17H2,1-2H3,(H3,24,25,26). The number of nitrogens with two attached hydrogens (primary N) is 1. The zero-order valence-corrected chi connectivity index (χ0v) is 17.4. The minimum atomic E-state index is 0.397. The Morgan fingerprint density at radius 2 is 1.97 bits per heavy atom. The molecule has 3 rings (SSSR count). The van der Waals surface area contributed by atoms with E-state index in [9.17, 15) is 0 Å². The first kappa shape index (κ1) is 21.1. The largest absolute Gasteiger partial charge is 0.492 e. The fourth-order valence-corrected chi connectivity index (χ4v) is 3.22. The number of guanidine groups is 1. The van der Waals surface area contributed by atoms with E-state index in [1.54, 1.807) is 0 Å². The summed E-state index contributed by atoms with van der Waals surface area (Å²) in [5, 5.41) is 3.18. The highest BCUT2D eigenvalue weighted by atomic mass is 16.5. The summed E-state index contributed by atoms with van der Waals surface area (Å²) >= 11 is 0. The molecule has 0 aliphatic carbocycles. The van der Waals surface area contributed by atoms with Crippen molar-refractivity contribution in [2.24, 2.45) is 10.7 Å². The molecule has 1 aliphatic rings. The average molecular weight is 397 g/mol. The van der Waals surface area contributed by atoms with Crippen LogP contribution in [0.4, 0.5) is 5.69 Å². The predicted octanol–water partition coefficient (Wildman–Crippen LogP) is 3.45. The summed E-state index contributed by atoms with van der Waals surface area (Å²) < 4.78 is 11.4. The van der Waals surface area contributed by atoms with Crippen LogP contribution in [0.2, 0.25) is 0 Å². The van der Waals surface area contributed by atoms with Gasteiger partial charge in [0.1, 0.15) is 12.4 Å². The van der Waals surface area contributed by atoms with Crippen LogP contribution in [-0.4, -0.2) is 50.3 Å². The molecule has 0 radical (unpaired) electrons. The molecule has 0 spiro atoms. The van der Waals surface area contributed by atoms with Crippen molar-refractivity contribution in [2.45, 2.75) is 26.3 Å². The molecule has 3 N–H and O–H groups in total. The Morgan fingerprint density at radius 1 is 1.17 bits per heavy atom. The fraction of sp³-hybridized carbons (Fsp3) is 0.435. The Bertz CT molecular complexity index is 801. The number of ether oxygens (including phenoxy) is 2. The SMILES string of the molecule is CC(C)c1cccc(NC(N)=NCc2ccccc2OCCN2CCOCC2)c1. The van der Waals surface area contributed by atoms with Gasteiger partial charge in [-0.1, -0.05) is 44.2 Å². The van der Waals surface area contributed by atoms with Crippen LogP contribution in [0.1, 0.15) is 30.9 Å². The molecule has 0 atom stereocenters. The van der Waals surface area contributed by atoms with Crippen molar-refractivity contribution in [2.75, 3.05) is 44.8 Å². The van der Waals surface area contributed by atoms with E-state index in [0.29, 0.717) is 25.0 Å². The third-order valence-electron chi connectivity index (χ3n) is 4.99. The molecular weight excluding hydrogens is 364 g/mol. The van der Waals surface area contributed by atoms with Gasteiger partial charge < -0.3 is 20.5 Å². The van der Waals surface area contributed by atoms with Gasteiger partial charge in [-0.2, -0.15) is 0 Å². The molecule has 2 aromatic carbocycles. The van der Waals surface area contributed by atoms with Crippen LogP contribution in [0, 0.1) is 0 Å². The van der Waals surface area contributed by atoms with E-state index in [1.807, 2.05) is 36.4 Å². The second kappa shape index (κ2) is 10.8. The number of hydrogen-bond donors (Lipinski definition) is 2. The van der Waals surface area contributed by atoms with Gasteiger partial charge in [-0.15, -0.1) is 0 Å². The Labute approximate surface area is 173 Å². The quantitative estimate of drug-likeness (QED) is 0.528. The number of benzene rings is 2. The molecule has 0 saturated carbocycles. The van der Waals surface area contributed by atoms with Gasteiger partial charge >= 0.3 is 0 Å². The summed E-state index contributed by atoms with van der Waals surface area (Å²) in [5.41, 5.74) is 9.35. The maximum absolute atomic E-state index is 6.11. The maximum atomic E-state index is 6.11. The normalized spacial score (nSPS) is 15.5. The monoisotopic (exact) mass is 396 g/mol. The summed E-state index contributed by atoms with van der Waals surface area (Å²) in [7, 11) is 0. The van der Waals surface area contributed by atoms with E-state index in [2.05, 4.69) is 41.2 Å². The number of nitrogens with zero attached hydrogens (tertiary/aromatic N) is 2. The maximum Gasteiger partial charge on any atom is 0.193 e. The average Bonchev–Trinajstić information content (AvgIpc) is 2.74. The second-order valence-electron chi connectivity index (χ2n) is 7.52. The van der Waals surface area contributed by atoms with Gasteiger partial charge in [0.05, 0.1) is 19.8 Å². The van der Waals surface area contributed by atoms with Crippen LogP contribution in [0.25, 0.3) is 0 Å². The zero-order valence-electron chi connectivity index (χ0n) is 17.4. The van der Waals surface area contributed by atoms with E-state index in [-0.39, 0.29) is 0 Å². The van der Waals surface area contributed by atoms with E-state index in [0.717, 1.165) is 49.8 Å². The van der Waals surface area contributed by atoms with E-state index in [1.165, 1.54) is 5.56 Å². The molecule has 1 aliphatic heterocycles. The van der Waals surface area contributed by atoms with E-state index < -0.39 is 0 Å². The van der Waals surface area contributed by atoms with Gasteiger partial charge in [0, 0.05) is 30.9 Å². The van der Waals surface area contributed by atoms with Crippen LogP contribution in [0.3, 0.4) is 0 Å². The molecule has 6 heteroatoms. The lowest BCUT2D eigenvalue weighted by Gasteiger charge is -2.26. The number of morpholine rings is 1. The number of para-hydroxylation sites is 1. The molecule has 0 bridgehead atoms. The molecule has 1 fully saturated rings. The lowest BCUT2D eigenvalue weighted by molar-refractivity contribution is 0.0322. The van der Waals surface area contributed by atoms with Gasteiger partial charge in [0.2, 0.25) is 0 Å². The molecule has 2 aromatic rings. The highest BCUT2D eigenvalue weighted by molar-refractivity contribution is 5.92. The number of hydrogen-bond acceptors (Lipinski definition) is 4. The first-order chi connectivity index (χ1) is 14.1. The van der Waals surface area contributed by atoms with Gasteiger partial charge in [0.25, 0.3) is 0 Å². The third kappa shape index (κ3) is 6.76. The molecule has 0 amide bonds. The summed E-state index contributed by atoms with van der Waals surface area (Å²) in [6, 6.07) is 16.2. The Kier molecular flexibility index (Phi) is 7.90. The van der Waals surface area contributed by atoms with Crippen molar-refractivity contribution >= 4 is 11.6 Å². The van der Waals surface area contributed by atoms with Crippen LogP contribution < -0.4 is 15.8 Å². The third-order valence-corrected chi connectivity index (χ3v) is 4.99. The van der Waals surface area contributed by atoms with E-state index in [4.69, 9.17) is 15.2 Å². The number of anilines is 1. The Balaban J connectivity index is 1.54. The first-order valence-corrected chi connectivity index (χ1v) is 10.3. The van der Waals surface area contributed by atoms with Gasteiger partial charge in [-0.3, -0.25) is 4.90 Å². The van der Waals surface area contributed by atoms with Crippen molar-refractivity contribution in [1.29, 1.82) is 0 Å². The molecule has 1 saturated heterocycles. The minimum absolute atomic E-state index is 0.397. The summed E-state index contributed by atoms with van der Waals surface area (Å²) in [6.07, 6.45) is 0. The van der Waals surface area contributed by atoms with Gasteiger partial charge in [0.15, 0.2) is 5.96 Å². The highest BCUT2D eigenvalue weighted by Crippen LogP contribution is 2.20. The Hall–Kier alpha value is -2.57. The van der Waals surface area contributed by atoms with Crippen LogP contribution in [0.5, 0.6) is 5.75 Å². The molecule has 0 unspecified atom stereocenters.